The number of hydrogen-bond donors (Lipinski definition) is 1. The molecule has 0 radical (unpaired) electrons. The van der Waals surface area contributed by atoms with Gasteiger partial charge in [-0.05, 0) is 31.5 Å². The zero-order valence-corrected chi connectivity index (χ0v) is 14.6. The van der Waals surface area contributed by atoms with Gasteiger partial charge in [0.1, 0.15) is 11.3 Å². The van der Waals surface area contributed by atoms with Crippen molar-refractivity contribution in [3.63, 3.8) is 0 Å². The first kappa shape index (κ1) is 18.4. The maximum Gasteiger partial charge on any atom is 0.357 e. The molecule has 0 bridgehead atoms. The third kappa shape index (κ3) is 4.12. The average Bonchev–Trinajstić information content (AvgIpc) is 2.92. The van der Waals surface area contributed by atoms with Crippen molar-refractivity contribution in [2.45, 2.75) is 20.4 Å². The lowest BCUT2D eigenvalue weighted by Crippen LogP contribution is -2.14. The van der Waals surface area contributed by atoms with Crippen LogP contribution in [0.2, 0.25) is 0 Å². The van der Waals surface area contributed by atoms with Crippen LogP contribution in [0, 0.1) is 0 Å². The predicted molar refractivity (Wildman–Crippen MR) is 92.9 cm³/mol. The fourth-order valence-corrected chi connectivity index (χ4v) is 2.42. The van der Waals surface area contributed by atoms with Crippen LogP contribution in [-0.2, 0) is 16.0 Å². The number of anilines is 1. The number of benzene rings is 1. The molecular formula is C18H22N2O5. The van der Waals surface area contributed by atoms with Crippen LogP contribution in [0.15, 0.2) is 30.5 Å². The van der Waals surface area contributed by atoms with Gasteiger partial charge in [-0.2, -0.15) is 0 Å². The van der Waals surface area contributed by atoms with E-state index in [-0.39, 0.29) is 30.2 Å². The quantitative estimate of drug-likeness (QED) is 0.774. The standard InChI is InChI=1S/C18H22N2O5/c1-4-24-17(21)14-11-20(16(15(14)19)18(22)25-5-2)10-12-6-8-13(23-3)9-7-12/h6-9,11H,4-5,10,19H2,1-3H3. The van der Waals surface area contributed by atoms with Crippen molar-refractivity contribution in [1.82, 2.24) is 4.57 Å². The van der Waals surface area contributed by atoms with Crippen molar-refractivity contribution in [2.75, 3.05) is 26.1 Å². The van der Waals surface area contributed by atoms with E-state index in [1.54, 1.807) is 25.5 Å². The Balaban J connectivity index is 2.40. The lowest BCUT2D eigenvalue weighted by Gasteiger charge is -2.10. The second-order valence-electron chi connectivity index (χ2n) is 5.22. The number of nitrogens with two attached hydrogens (primary N) is 1. The van der Waals surface area contributed by atoms with Gasteiger partial charge in [0.2, 0.25) is 0 Å². The molecule has 1 aromatic carbocycles. The van der Waals surface area contributed by atoms with Crippen LogP contribution in [0.4, 0.5) is 5.69 Å². The molecule has 0 unspecified atom stereocenters. The minimum Gasteiger partial charge on any atom is -0.497 e. The summed E-state index contributed by atoms with van der Waals surface area (Å²) in [6.45, 7) is 4.19. The van der Waals surface area contributed by atoms with Crippen LogP contribution >= 0.6 is 0 Å². The molecule has 1 aromatic heterocycles. The van der Waals surface area contributed by atoms with E-state index in [1.807, 2.05) is 24.3 Å². The van der Waals surface area contributed by atoms with E-state index in [0.29, 0.717) is 6.54 Å². The second-order valence-corrected chi connectivity index (χ2v) is 5.22. The first-order chi connectivity index (χ1) is 12.0. The predicted octanol–water partition coefficient (Wildman–Crippen LogP) is 2.48. The van der Waals surface area contributed by atoms with Crippen LogP contribution in [0.3, 0.4) is 0 Å². The normalized spacial score (nSPS) is 10.4. The summed E-state index contributed by atoms with van der Waals surface area (Å²) in [5.74, 6) is -0.420. The minimum atomic E-state index is -0.580. The van der Waals surface area contributed by atoms with Crippen LogP contribution in [0.5, 0.6) is 5.75 Å². The van der Waals surface area contributed by atoms with Gasteiger partial charge >= 0.3 is 11.9 Å². The second kappa shape index (κ2) is 8.23. The van der Waals surface area contributed by atoms with Gasteiger partial charge in [0.05, 0.1) is 26.0 Å². The summed E-state index contributed by atoms with van der Waals surface area (Å²) in [6.07, 6.45) is 1.52. The van der Waals surface area contributed by atoms with Gasteiger partial charge in [-0.25, -0.2) is 9.59 Å². The molecule has 7 heteroatoms. The summed E-state index contributed by atoms with van der Waals surface area (Å²) in [6, 6.07) is 7.37. The lowest BCUT2D eigenvalue weighted by atomic mass is 10.2. The first-order valence-electron chi connectivity index (χ1n) is 7.97. The number of ether oxygens (including phenoxy) is 3. The molecule has 0 fully saturated rings. The van der Waals surface area contributed by atoms with E-state index in [0.717, 1.165) is 11.3 Å². The third-order valence-electron chi connectivity index (χ3n) is 3.59. The number of carbonyl (C=O) groups excluding carboxylic acids is 2. The molecule has 0 saturated carbocycles. The van der Waals surface area contributed by atoms with Gasteiger partial charge in [-0.3, -0.25) is 0 Å². The number of methoxy groups -OCH3 is 1. The third-order valence-corrected chi connectivity index (χ3v) is 3.59. The lowest BCUT2D eigenvalue weighted by molar-refractivity contribution is 0.0513. The molecular weight excluding hydrogens is 324 g/mol. The molecule has 0 spiro atoms. The molecule has 0 aliphatic heterocycles. The van der Waals surface area contributed by atoms with Crippen molar-refractivity contribution in [3.8, 4) is 5.75 Å². The summed E-state index contributed by atoms with van der Waals surface area (Å²) < 4.78 is 16.8. The van der Waals surface area contributed by atoms with Crippen LogP contribution < -0.4 is 10.5 Å². The van der Waals surface area contributed by atoms with Gasteiger partial charge in [-0.15, -0.1) is 0 Å². The summed E-state index contributed by atoms with van der Waals surface area (Å²) in [5, 5.41) is 0. The van der Waals surface area contributed by atoms with Gasteiger partial charge in [0.25, 0.3) is 0 Å². The fraction of sp³-hybridized carbons (Fsp3) is 0.333. The van der Waals surface area contributed by atoms with Gasteiger partial charge in [-0.1, -0.05) is 12.1 Å². The highest BCUT2D eigenvalue weighted by Crippen LogP contribution is 2.24. The number of hydrogen-bond acceptors (Lipinski definition) is 6. The smallest absolute Gasteiger partial charge is 0.357 e. The summed E-state index contributed by atoms with van der Waals surface area (Å²) in [5.41, 5.74) is 7.29. The number of esters is 2. The molecule has 2 N–H and O–H groups in total. The Hall–Kier alpha value is -2.96. The zero-order chi connectivity index (χ0) is 18.4. The molecule has 25 heavy (non-hydrogen) atoms. The van der Waals surface area contributed by atoms with E-state index in [2.05, 4.69) is 0 Å². The first-order valence-corrected chi connectivity index (χ1v) is 7.97. The highest BCUT2D eigenvalue weighted by molar-refractivity contribution is 6.03. The number of carbonyl (C=O) groups is 2. The van der Waals surface area contributed by atoms with Crippen molar-refractivity contribution < 1.29 is 23.8 Å². The zero-order valence-electron chi connectivity index (χ0n) is 14.6. The molecule has 2 aromatic rings. The Kier molecular flexibility index (Phi) is 6.05. The van der Waals surface area contributed by atoms with Gasteiger partial charge < -0.3 is 24.5 Å². The largest absolute Gasteiger partial charge is 0.497 e. The van der Waals surface area contributed by atoms with Crippen LogP contribution in [0.25, 0.3) is 0 Å². The van der Waals surface area contributed by atoms with E-state index >= 15 is 0 Å². The number of aromatic nitrogens is 1. The Bertz CT molecular complexity index is 750. The SMILES string of the molecule is CCOC(=O)c1cn(Cc2ccc(OC)cc2)c(C(=O)OCC)c1N. The van der Waals surface area contributed by atoms with Crippen molar-refractivity contribution >= 4 is 17.6 Å². The van der Waals surface area contributed by atoms with Crippen LogP contribution in [0.1, 0.15) is 40.3 Å². The van der Waals surface area contributed by atoms with E-state index in [4.69, 9.17) is 19.9 Å². The molecule has 0 saturated heterocycles. The molecule has 7 nitrogen and oxygen atoms in total. The Morgan fingerprint density at radius 2 is 1.64 bits per heavy atom. The van der Waals surface area contributed by atoms with E-state index in [9.17, 15) is 9.59 Å². The molecule has 1 heterocycles. The highest BCUT2D eigenvalue weighted by Gasteiger charge is 2.25. The van der Waals surface area contributed by atoms with Crippen LogP contribution in [-0.4, -0.2) is 36.8 Å². The van der Waals surface area contributed by atoms with E-state index in [1.165, 1.54) is 6.20 Å². The van der Waals surface area contributed by atoms with Crippen molar-refractivity contribution in [3.05, 3.63) is 47.3 Å². The summed E-state index contributed by atoms with van der Waals surface area (Å²) in [4.78, 5) is 24.3. The molecule has 0 atom stereocenters. The highest BCUT2D eigenvalue weighted by atomic mass is 16.5. The Morgan fingerprint density at radius 3 is 2.20 bits per heavy atom. The maximum atomic E-state index is 12.3. The Morgan fingerprint density at radius 1 is 1.04 bits per heavy atom. The fourth-order valence-electron chi connectivity index (χ4n) is 2.42. The maximum absolute atomic E-state index is 12.3. The summed E-state index contributed by atoms with van der Waals surface area (Å²) >= 11 is 0. The van der Waals surface area contributed by atoms with E-state index < -0.39 is 11.9 Å². The number of nitrogens with zero attached hydrogens (tertiary/aromatic N) is 1. The van der Waals surface area contributed by atoms with Gasteiger partial charge in [0, 0.05) is 12.7 Å². The topological polar surface area (TPSA) is 92.8 Å². The molecule has 0 amide bonds. The Labute approximate surface area is 146 Å². The monoisotopic (exact) mass is 346 g/mol. The molecule has 0 aliphatic rings. The van der Waals surface area contributed by atoms with Crippen molar-refractivity contribution in [1.29, 1.82) is 0 Å². The summed E-state index contributed by atoms with van der Waals surface area (Å²) in [7, 11) is 1.59. The molecule has 0 aliphatic carbocycles. The average molecular weight is 346 g/mol. The minimum absolute atomic E-state index is 0.0606. The molecule has 134 valence electrons. The number of nitrogen functional groups attached to an aromatic ring is 1. The van der Waals surface area contributed by atoms with Gasteiger partial charge in [0.15, 0.2) is 5.69 Å². The number of rotatable bonds is 7. The van der Waals surface area contributed by atoms with Crippen molar-refractivity contribution in [2.24, 2.45) is 0 Å². The molecule has 2 rings (SSSR count).